The number of rotatable bonds is 7. The van der Waals surface area contributed by atoms with Crippen molar-refractivity contribution in [3.05, 3.63) is 95.5 Å². The maximum atomic E-state index is 12.9. The lowest BCUT2D eigenvalue weighted by molar-refractivity contribution is 0.102. The second-order valence-electron chi connectivity index (χ2n) is 7.63. The molecule has 8 nitrogen and oxygen atoms in total. The number of nitrogens with one attached hydrogen (secondary N) is 2. The number of anilines is 1. The van der Waals surface area contributed by atoms with Gasteiger partial charge in [-0.05, 0) is 48.9 Å². The van der Waals surface area contributed by atoms with Gasteiger partial charge in [0.15, 0.2) is 4.96 Å². The van der Waals surface area contributed by atoms with E-state index in [9.17, 15) is 13.2 Å². The number of hydrogen-bond donors (Lipinski definition) is 2. The van der Waals surface area contributed by atoms with Gasteiger partial charge in [-0.25, -0.2) is 18.1 Å². The van der Waals surface area contributed by atoms with Crippen LogP contribution >= 0.6 is 11.3 Å². The van der Waals surface area contributed by atoms with Gasteiger partial charge < -0.3 is 9.73 Å². The molecule has 0 saturated heterocycles. The highest BCUT2D eigenvalue weighted by atomic mass is 32.2. The predicted octanol–water partition coefficient (Wildman–Crippen LogP) is 4.70. The van der Waals surface area contributed by atoms with Gasteiger partial charge >= 0.3 is 0 Å². The molecule has 0 atom stereocenters. The Kier molecular flexibility index (Phi) is 5.78. The molecule has 5 rings (SSSR count). The molecule has 0 spiro atoms. The number of carbonyl (C=O) groups excluding carboxylic acids is 1. The molecular weight excluding hydrogens is 472 g/mol. The molecule has 3 heterocycles. The Bertz CT molecular complexity index is 1540. The van der Waals surface area contributed by atoms with Gasteiger partial charge in [-0.3, -0.25) is 9.20 Å². The molecule has 0 radical (unpaired) electrons. The number of benzene rings is 2. The molecule has 0 aliphatic heterocycles. The number of carbonyl (C=O) groups is 1. The van der Waals surface area contributed by atoms with Gasteiger partial charge in [0.05, 0.1) is 23.4 Å². The van der Waals surface area contributed by atoms with Gasteiger partial charge in [0, 0.05) is 34.6 Å². The maximum Gasteiger partial charge on any atom is 0.255 e. The van der Waals surface area contributed by atoms with E-state index in [2.05, 4.69) is 15.0 Å². The van der Waals surface area contributed by atoms with Crippen molar-refractivity contribution >= 4 is 37.9 Å². The quantitative estimate of drug-likeness (QED) is 0.343. The van der Waals surface area contributed by atoms with Gasteiger partial charge in [-0.15, -0.1) is 11.3 Å². The first kappa shape index (κ1) is 22.1. The number of thiazole rings is 1. The summed E-state index contributed by atoms with van der Waals surface area (Å²) in [4.78, 5) is 18.4. The lowest BCUT2D eigenvalue weighted by Crippen LogP contribution is -2.24. The zero-order valence-electron chi connectivity index (χ0n) is 18.1. The number of fused-ring (bicyclic) bond motifs is 1. The van der Waals surface area contributed by atoms with Crippen LogP contribution in [-0.4, -0.2) is 23.7 Å². The van der Waals surface area contributed by atoms with Crippen LogP contribution in [0.1, 0.15) is 21.7 Å². The summed E-state index contributed by atoms with van der Waals surface area (Å²) in [6.07, 6.45) is 5.38. The average Bonchev–Trinajstić information content (AvgIpc) is 3.56. The molecule has 0 bridgehead atoms. The summed E-state index contributed by atoms with van der Waals surface area (Å²) in [5, 5.41) is 4.81. The van der Waals surface area contributed by atoms with Crippen molar-refractivity contribution in [2.24, 2.45) is 0 Å². The highest BCUT2D eigenvalue weighted by Gasteiger charge is 2.19. The molecule has 5 aromatic rings. The van der Waals surface area contributed by atoms with Crippen LogP contribution in [0, 0.1) is 6.92 Å². The fraction of sp³-hybridized carbons (Fsp3) is 0.0833. The maximum absolute atomic E-state index is 12.9. The Labute approximate surface area is 199 Å². The van der Waals surface area contributed by atoms with Gasteiger partial charge in [0.1, 0.15) is 5.76 Å². The van der Waals surface area contributed by atoms with Gasteiger partial charge in [-0.2, -0.15) is 0 Å². The minimum absolute atomic E-state index is 0.00454. The Morgan fingerprint density at radius 2 is 1.97 bits per heavy atom. The number of sulfonamides is 1. The van der Waals surface area contributed by atoms with Crippen LogP contribution in [0.25, 0.3) is 16.2 Å². The molecule has 0 aliphatic rings. The summed E-state index contributed by atoms with van der Waals surface area (Å²) in [5.74, 6) is 0.100. The number of nitrogens with zero attached hydrogens (tertiary/aromatic N) is 2. The fourth-order valence-electron chi connectivity index (χ4n) is 3.46. The van der Waals surface area contributed by atoms with Gasteiger partial charge in [0.2, 0.25) is 10.0 Å². The Hall–Kier alpha value is -3.73. The molecule has 0 saturated carbocycles. The number of hydrogen-bond acceptors (Lipinski definition) is 6. The lowest BCUT2D eigenvalue weighted by Gasteiger charge is -2.11. The SMILES string of the molecule is Cc1ccc(S(=O)(=O)NCc2ccco2)cc1C(=O)Nc1ccc(-c2cn3ccsc3n2)cc1. The van der Waals surface area contributed by atoms with E-state index < -0.39 is 15.9 Å². The van der Waals surface area contributed by atoms with E-state index in [0.717, 1.165) is 16.2 Å². The van der Waals surface area contributed by atoms with E-state index in [1.807, 2.05) is 34.3 Å². The van der Waals surface area contributed by atoms with Gasteiger partial charge in [-0.1, -0.05) is 18.2 Å². The normalized spacial score (nSPS) is 11.7. The van der Waals surface area contributed by atoms with Crippen LogP contribution in [0.2, 0.25) is 0 Å². The topological polar surface area (TPSA) is 106 Å². The van der Waals surface area contributed by atoms with Crippen molar-refractivity contribution in [3.8, 4) is 11.3 Å². The molecule has 34 heavy (non-hydrogen) atoms. The van der Waals surface area contributed by atoms with Crippen LogP contribution < -0.4 is 10.0 Å². The number of aryl methyl sites for hydroxylation is 1. The highest BCUT2D eigenvalue weighted by molar-refractivity contribution is 7.89. The largest absolute Gasteiger partial charge is 0.468 e. The predicted molar refractivity (Wildman–Crippen MR) is 130 cm³/mol. The zero-order valence-corrected chi connectivity index (χ0v) is 19.7. The molecule has 2 N–H and O–H groups in total. The number of amides is 1. The molecule has 3 aromatic heterocycles. The third kappa shape index (κ3) is 4.51. The van der Waals surface area contributed by atoms with E-state index in [0.29, 0.717) is 17.0 Å². The number of imidazole rings is 1. The van der Waals surface area contributed by atoms with E-state index in [1.54, 1.807) is 48.6 Å². The van der Waals surface area contributed by atoms with Crippen molar-refractivity contribution in [1.29, 1.82) is 0 Å². The van der Waals surface area contributed by atoms with Crippen molar-refractivity contribution < 1.29 is 17.6 Å². The summed E-state index contributed by atoms with van der Waals surface area (Å²) < 4.78 is 35.0. The molecule has 172 valence electrons. The number of furan rings is 1. The van der Waals surface area contributed by atoms with E-state index in [1.165, 1.54) is 18.4 Å². The van der Waals surface area contributed by atoms with Crippen LogP contribution in [-0.2, 0) is 16.6 Å². The molecule has 1 amide bonds. The molecule has 0 aliphatic carbocycles. The minimum atomic E-state index is -3.82. The zero-order chi connectivity index (χ0) is 23.7. The third-order valence-electron chi connectivity index (χ3n) is 5.31. The second-order valence-corrected chi connectivity index (χ2v) is 10.3. The molecular formula is C24H20N4O4S2. The Morgan fingerprint density at radius 3 is 2.71 bits per heavy atom. The van der Waals surface area contributed by atoms with E-state index >= 15 is 0 Å². The Balaban J connectivity index is 1.31. The van der Waals surface area contributed by atoms with E-state index in [-0.39, 0.29) is 17.0 Å². The van der Waals surface area contributed by atoms with Crippen LogP contribution in [0.5, 0.6) is 0 Å². The lowest BCUT2D eigenvalue weighted by atomic mass is 10.1. The smallest absolute Gasteiger partial charge is 0.255 e. The standard InChI is InChI=1S/C24H20N4O4S2/c1-16-4-9-20(34(30,31)25-14-19-3-2-11-32-19)13-21(16)23(29)26-18-7-5-17(6-8-18)22-15-28-10-12-33-24(28)27-22/h2-13,15,25H,14H2,1H3,(H,26,29). The molecule has 2 aromatic carbocycles. The van der Waals surface area contributed by atoms with Gasteiger partial charge in [0.25, 0.3) is 5.91 Å². The number of aromatic nitrogens is 2. The first-order chi connectivity index (χ1) is 16.4. The molecule has 0 unspecified atom stereocenters. The summed E-state index contributed by atoms with van der Waals surface area (Å²) in [6, 6.07) is 15.2. The fourth-order valence-corrected chi connectivity index (χ4v) is 5.18. The summed E-state index contributed by atoms with van der Waals surface area (Å²) in [7, 11) is -3.82. The van der Waals surface area contributed by atoms with E-state index in [4.69, 9.17) is 4.42 Å². The van der Waals surface area contributed by atoms with Crippen molar-refractivity contribution in [1.82, 2.24) is 14.1 Å². The van der Waals surface area contributed by atoms with Crippen LogP contribution in [0.15, 0.2) is 87.9 Å². The summed E-state index contributed by atoms with van der Waals surface area (Å²) in [6.45, 7) is 1.78. The third-order valence-corrected chi connectivity index (χ3v) is 7.48. The minimum Gasteiger partial charge on any atom is -0.468 e. The monoisotopic (exact) mass is 492 g/mol. The first-order valence-corrected chi connectivity index (χ1v) is 12.7. The summed E-state index contributed by atoms with van der Waals surface area (Å²) in [5.41, 5.74) is 3.32. The second kappa shape index (κ2) is 8.90. The van der Waals surface area contributed by atoms with Crippen molar-refractivity contribution in [2.75, 3.05) is 5.32 Å². The van der Waals surface area contributed by atoms with Crippen molar-refractivity contribution in [3.63, 3.8) is 0 Å². The molecule has 0 fully saturated rings. The van der Waals surface area contributed by atoms with Crippen LogP contribution in [0.3, 0.4) is 0 Å². The highest BCUT2D eigenvalue weighted by Crippen LogP contribution is 2.24. The average molecular weight is 493 g/mol. The van der Waals surface area contributed by atoms with Crippen molar-refractivity contribution in [2.45, 2.75) is 18.4 Å². The Morgan fingerprint density at radius 1 is 1.15 bits per heavy atom. The first-order valence-electron chi connectivity index (χ1n) is 10.4. The summed E-state index contributed by atoms with van der Waals surface area (Å²) >= 11 is 1.56. The van der Waals surface area contributed by atoms with Crippen LogP contribution in [0.4, 0.5) is 5.69 Å². The molecule has 10 heteroatoms.